The van der Waals surface area contributed by atoms with E-state index in [0.29, 0.717) is 26.2 Å². The van der Waals surface area contributed by atoms with Crippen LogP contribution < -0.4 is 0 Å². The lowest BCUT2D eigenvalue weighted by Gasteiger charge is -2.38. The number of aliphatic carboxylic acids is 1. The molecule has 0 spiro atoms. The van der Waals surface area contributed by atoms with Crippen molar-refractivity contribution >= 4 is 16.0 Å². The van der Waals surface area contributed by atoms with E-state index in [1.807, 2.05) is 4.90 Å². The molecule has 20 heavy (non-hydrogen) atoms. The van der Waals surface area contributed by atoms with Crippen LogP contribution in [0.25, 0.3) is 0 Å². The number of sulfonamides is 1. The van der Waals surface area contributed by atoms with Crippen LogP contribution in [0.15, 0.2) is 0 Å². The van der Waals surface area contributed by atoms with E-state index in [-0.39, 0.29) is 5.25 Å². The quantitative estimate of drug-likeness (QED) is 0.829. The first kappa shape index (κ1) is 15.7. The van der Waals surface area contributed by atoms with Gasteiger partial charge in [-0.25, -0.2) is 8.42 Å². The van der Waals surface area contributed by atoms with Crippen LogP contribution in [0.3, 0.4) is 0 Å². The minimum atomic E-state index is -3.20. The summed E-state index contributed by atoms with van der Waals surface area (Å²) in [6.45, 7) is 3.47. The highest BCUT2D eigenvalue weighted by Gasteiger charge is 2.36. The van der Waals surface area contributed by atoms with Crippen LogP contribution in [-0.2, 0) is 14.8 Å². The number of nitrogens with zero attached hydrogens (tertiary/aromatic N) is 2. The summed E-state index contributed by atoms with van der Waals surface area (Å²) in [7, 11) is -3.20. The Labute approximate surface area is 120 Å². The van der Waals surface area contributed by atoms with Gasteiger partial charge in [-0.15, -0.1) is 0 Å². The van der Waals surface area contributed by atoms with Gasteiger partial charge < -0.3 is 5.11 Å². The predicted molar refractivity (Wildman–Crippen MR) is 76.0 cm³/mol. The highest BCUT2D eigenvalue weighted by molar-refractivity contribution is 7.89. The Morgan fingerprint density at radius 3 is 2.15 bits per heavy atom. The summed E-state index contributed by atoms with van der Waals surface area (Å²) >= 11 is 0. The van der Waals surface area contributed by atoms with Crippen LogP contribution in [0, 0.1) is 0 Å². The summed E-state index contributed by atoms with van der Waals surface area (Å²) in [6.07, 6.45) is 4.68. The minimum Gasteiger partial charge on any atom is -0.480 e. The molecule has 1 saturated carbocycles. The molecule has 1 heterocycles. The van der Waals surface area contributed by atoms with Crippen LogP contribution in [0.1, 0.15) is 39.0 Å². The third kappa shape index (κ3) is 3.32. The molecule has 1 unspecified atom stereocenters. The van der Waals surface area contributed by atoms with Crippen LogP contribution >= 0.6 is 0 Å². The number of carboxylic acids is 1. The molecule has 116 valence electrons. The average molecular weight is 304 g/mol. The topological polar surface area (TPSA) is 77.9 Å². The fraction of sp³-hybridized carbons (Fsp3) is 0.923. The van der Waals surface area contributed by atoms with E-state index in [0.717, 1.165) is 32.1 Å². The molecule has 6 nitrogen and oxygen atoms in total. The molecular weight excluding hydrogens is 280 g/mol. The zero-order chi connectivity index (χ0) is 14.8. The Bertz CT molecular complexity index is 437. The Kier molecular flexibility index (Phi) is 5.04. The van der Waals surface area contributed by atoms with Gasteiger partial charge in [-0.3, -0.25) is 9.69 Å². The highest BCUT2D eigenvalue weighted by atomic mass is 32.2. The van der Waals surface area contributed by atoms with Gasteiger partial charge in [0.05, 0.1) is 5.25 Å². The fourth-order valence-electron chi connectivity index (χ4n) is 3.08. The molecular formula is C13H24N2O4S. The lowest BCUT2D eigenvalue weighted by atomic mass is 10.0. The lowest BCUT2D eigenvalue weighted by molar-refractivity contribution is -0.143. The Morgan fingerprint density at radius 2 is 1.65 bits per heavy atom. The maximum absolute atomic E-state index is 12.5. The lowest BCUT2D eigenvalue weighted by Crippen LogP contribution is -2.54. The largest absolute Gasteiger partial charge is 0.480 e. The maximum atomic E-state index is 12.5. The second kappa shape index (κ2) is 6.41. The third-order valence-electron chi connectivity index (χ3n) is 4.51. The van der Waals surface area contributed by atoms with Gasteiger partial charge in [-0.1, -0.05) is 19.3 Å². The summed E-state index contributed by atoms with van der Waals surface area (Å²) in [5, 5.41) is 8.77. The van der Waals surface area contributed by atoms with Gasteiger partial charge in [0, 0.05) is 26.2 Å². The van der Waals surface area contributed by atoms with Crippen molar-refractivity contribution in [3.05, 3.63) is 0 Å². The first-order valence-electron chi connectivity index (χ1n) is 7.38. The van der Waals surface area contributed by atoms with Crippen molar-refractivity contribution in [1.82, 2.24) is 9.21 Å². The molecule has 7 heteroatoms. The molecule has 0 amide bonds. The van der Waals surface area contributed by atoms with Crippen molar-refractivity contribution in [3.8, 4) is 0 Å². The van der Waals surface area contributed by atoms with Crippen molar-refractivity contribution in [1.29, 1.82) is 0 Å². The fourth-order valence-corrected chi connectivity index (χ4v) is 5.10. The molecule has 1 aliphatic heterocycles. The SMILES string of the molecule is CC(C(=O)O)N1CCN(S(=O)(=O)C2CCCCC2)CC1. The molecule has 0 radical (unpaired) electrons. The van der Waals surface area contributed by atoms with Crippen molar-refractivity contribution in [2.24, 2.45) is 0 Å². The first-order chi connectivity index (χ1) is 9.43. The molecule has 1 N–H and O–H groups in total. The predicted octanol–water partition coefficient (Wildman–Crippen LogP) is 0.740. The molecule has 0 aromatic rings. The van der Waals surface area contributed by atoms with Gasteiger partial charge in [0.25, 0.3) is 0 Å². The zero-order valence-electron chi connectivity index (χ0n) is 12.0. The Balaban J connectivity index is 1.94. The summed E-state index contributed by atoms with van der Waals surface area (Å²) in [4.78, 5) is 12.8. The van der Waals surface area contributed by atoms with Gasteiger partial charge >= 0.3 is 5.97 Å². The number of hydrogen-bond acceptors (Lipinski definition) is 4. The summed E-state index contributed by atoms with van der Waals surface area (Å²) in [6, 6.07) is -0.547. The van der Waals surface area contributed by atoms with Crippen molar-refractivity contribution < 1.29 is 18.3 Å². The number of hydrogen-bond donors (Lipinski definition) is 1. The van der Waals surface area contributed by atoms with E-state index in [9.17, 15) is 13.2 Å². The maximum Gasteiger partial charge on any atom is 0.320 e. The smallest absolute Gasteiger partial charge is 0.320 e. The molecule has 2 rings (SSSR count). The van der Waals surface area contributed by atoms with Gasteiger partial charge in [0.1, 0.15) is 6.04 Å². The first-order valence-corrected chi connectivity index (χ1v) is 8.89. The average Bonchev–Trinajstić information content (AvgIpc) is 2.47. The van der Waals surface area contributed by atoms with Crippen molar-refractivity contribution in [2.45, 2.75) is 50.3 Å². The van der Waals surface area contributed by atoms with E-state index >= 15 is 0 Å². The van der Waals surface area contributed by atoms with Crippen molar-refractivity contribution in [2.75, 3.05) is 26.2 Å². The summed E-state index contributed by atoms with van der Waals surface area (Å²) in [5.74, 6) is -0.853. The van der Waals surface area contributed by atoms with Gasteiger partial charge in [-0.2, -0.15) is 4.31 Å². The monoisotopic (exact) mass is 304 g/mol. The Hall–Kier alpha value is -0.660. The van der Waals surface area contributed by atoms with Crippen LogP contribution in [0.5, 0.6) is 0 Å². The zero-order valence-corrected chi connectivity index (χ0v) is 12.8. The van der Waals surface area contributed by atoms with E-state index < -0.39 is 22.0 Å². The van der Waals surface area contributed by atoms with Gasteiger partial charge in [0.15, 0.2) is 0 Å². The van der Waals surface area contributed by atoms with E-state index in [2.05, 4.69) is 0 Å². The molecule has 0 aromatic heterocycles. The number of piperazine rings is 1. The third-order valence-corrected chi connectivity index (χ3v) is 6.91. The summed E-state index contributed by atoms with van der Waals surface area (Å²) < 4.78 is 26.6. The standard InChI is InChI=1S/C13H24N2O4S/c1-11(13(16)17)14-7-9-15(10-8-14)20(18,19)12-5-3-2-4-6-12/h11-12H,2-10H2,1H3,(H,16,17). The molecule has 1 saturated heterocycles. The van der Waals surface area contributed by atoms with E-state index in [1.165, 1.54) is 0 Å². The molecule has 2 fully saturated rings. The molecule has 2 aliphatic rings. The number of carboxylic acid groups (broad SMARTS) is 1. The second-order valence-electron chi connectivity index (χ2n) is 5.75. The number of carbonyl (C=O) groups is 1. The highest BCUT2D eigenvalue weighted by Crippen LogP contribution is 2.26. The second-order valence-corrected chi connectivity index (χ2v) is 7.97. The van der Waals surface area contributed by atoms with Crippen molar-refractivity contribution in [3.63, 3.8) is 0 Å². The number of rotatable bonds is 4. The van der Waals surface area contributed by atoms with E-state index in [1.54, 1.807) is 11.2 Å². The minimum absolute atomic E-state index is 0.223. The van der Waals surface area contributed by atoms with Crippen LogP contribution in [0.2, 0.25) is 0 Å². The Morgan fingerprint density at radius 1 is 1.10 bits per heavy atom. The molecule has 0 aromatic carbocycles. The molecule has 1 atom stereocenters. The van der Waals surface area contributed by atoms with Crippen LogP contribution in [-0.4, -0.2) is 66.2 Å². The van der Waals surface area contributed by atoms with E-state index in [4.69, 9.17) is 5.11 Å². The molecule has 1 aliphatic carbocycles. The normalized spacial score (nSPS) is 25.4. The van der Waals surface area contributed by atoms with Gasteiger partial charge in [0.2, 0.25) is 10.0 Å². The molecule has 0 bridgehead atoms. The van der Waals surface area contributed by atoms with Gasteiger partial charge in [-0.05, 0) is 19.8 Å². The summed E-state index contributed by atoms with van der Waals surface area (Å²) in [5.41, 5.74) is 0. The van der Waals surface area contributed by atoms with Crippen LogP contribution in [0.4, 0.5) is 0 Å².